The predicted molar refractivity (Wildman–Crippen MR) is 57.7 cm³/mol. The van der Waals surface area contributed by atoms with Crippen LogP contribution in [0.25, 0.3) is 10.6 Å². The van der Waals surface area contributed by atoms with Crippen molar-refractivity contribution in [2.45, 2.75) is 6.92 Å². The van der Waals surface area contributed by atoms with Crippen LogP contribution in [0.2, 0.25) is 0 Å². The minimum Gasteiger partial charge on any atom is -0.209 e. The molecule has 0 unspecified atom stereocenters. The Kier molecular flexibility index (Phi) is 2.79. The summed E-state index contributed by atoms with van der Waals surface area (Å²) in [7, 11) is 0. The summed E-state index contributed by atoms with van der Waals surface area (Å²) in [5.74, 6) is -1.18. The van der Waals surface area contributed by atoms with Gasteiger partial charge >= 0.3 is 0 Å². The summed E-state index contributed by atoms with van der Waals surface area (Å²) in [6.45, 7) is 1.58. The highest BCUT2D eigenvalue weighted by Gasteiger charge is 2.12. The highest BCUT2D eigenvalue weighted by Crippen LogP contribution is 2.27. The van der Waals surface area contributed by atoms with Crippen LogP contribution in [-0.4, -0.2) is 9.36 Å². The first-order valence-corrected chi connectivity index (χ1v) is 5.60. The third-order valence-corrected chi connectivity index (χ3v) is 3.22. The summed E-state index contributed by atoms with van der Waals surface area (Å²) in [5, 5.41) is 0.433. The van der Waals surface area contributed by atoms with Crippen molar-refractivity contribution < 1.29 is 8.78 Å². The topological polar surface area (TPSA) is 25.8 Å². The van der Waals surface area contributed by atoms with Gasteiger partial charge in [-0.15, -0.1) is 0 Å². The molecule has 0 radical (unpaired) electrons. The molecular formula is C9H5BrF2N2S. The molecule has 1 aromatic carbocycles. The van der Waals surface area contributed by atoms with Gasteiger partial charge in [-0.2, -0.15) is 4.37 Å². The first-order chi connectivity index (χ1) is 7.08. The molecular weight excluding hydrogens is 286 g/mol. The molecule has 2 nitrogen and oxygen atoms in total. The normalized spacial score (nSPS) is 10.7. The lowest BCUT2D eigenvalue weighted by molar-refractivity contribution is 0.579. The first kappa shape index (κ1) is 10.6. The summed E-state index contributed by atoms with van der Waals surface area (Å²) in [5.41, 5.74) is 0.662. The van der Waals surface area contributed by atoms with Gasteiger partial charge < -0.3 is 0 Å². The van der Waals surface area contributed by atoms with Crippen LogP contribution in [-0.2, 0) is 0 Å². The van der Waals surface area contributed by atoms with Gasteiger partial charge in [0.15, 0.2) is 0 Å². The molecule has 2 rings (SSSR count). The molecule has 0 aliphatic rings. The van der Waals surface area contributed by atoms with E-state index in [1.807, 2.05) is 0 Å². The summed E-state index contributed by atoms with van der Waals surface area (Å²) >= 11 is 4.14. The van der Waals surface area contributed by atoms with E-state index >= 15 is 0 Å². The maximum Gasteiger partial charge on any atom is 0.209 e. The maximum atomic E-state index is 13.4. The Morgan fingerprint density at radius 1 is 1.27 bits per heavy atom. The van der Waals surface area contributed by atoms with Crippen molar-refractivity contribution >= 4 is 27.5 Å². The van der Waals surface area contributed by atoms with Crippen molar-refractivity contribution in [3.05, 3.63) is 34.1 Å². The summed E-state index contributed by atoms with van der Waals surface area (Å²) in [6.07, 6.45) is 0. The molecule has 0 spiro atoms. The van der Waals surface area contributed by atoms with Crippen LogP contribution in [0.5, 0.6) is 0 Å². The van der Waals surface area contributed by atoms with Gasteiger partial charge in [-0.3, -0.25) is 0 Å². The lowest BCUT2D eigenvalue weighted by atomic mass is 10.1. The Labute approximate surface area is 97.3 Å². The van der Waals surface area contributed by atoms with Crippen molar-refractivity contribution in [1.82, 2.24) is 9.36 Å². The Bertz CT molecular complexity index is 513. The predicted octanol–water partition coefficient (Wildman–Crippen LogP) is 3.55. The monoisotopic (exact) mass is 290 g/mol. The van der Waals surface area contributed by atoms with E-state index in [-0.39, 0.29) is 5.56 Å². The minimum atomic E-state index is -0.623. The highest BCUT2D eigenvalue weighted by atomic mass is 79.9. The largest absolute Gasteiger partial charge is 0.209 e. The molecule has 0 fully saturated rings. The van der Waals surface area contributed by atoms with E-state index in [2.05, 4.69) is 25.3 Å². The molecule has 0 atom stereocenters. The quantitative estimate of drug-likeness (QED) is 0.803. The molecule has 1 aromatic heterocycles. The Morgan fingerprint density at radius 3 is 2.60 bits per heavy atom. The average Bonchev–Trinajstić information content (AvgIpc) is 2.58. The van der Waals surface area contributed by atoms with Gasteiger partial charge in [0.1, 0.15) is 16.6 Å². The van der Waals surface area contributed by atoms with Crippen molar-refractivity contribution in [2.75, 3.05) is 0 Å². The van der Waals surface area contributed by atoms with E-state index in [9.17, 15) is 8.78 Å². The second-order valence-electron chi connectivity index (χ2n) is 2.95. The van der Waals surface area contributed by atoms with E-state index in [1.54, 1.807) is 6.92 Å². The fourth-order valence-electron chi connectivity index (χ4n) is 1.14. The smallest absolute Gasteiger partial charge is 0.209 e. The number of aryl methyl sites for hydroxylation is 1. The minimum absolute atomic E-state index is 0.275. The Morgan fingerprint density at radius 2 is 2.00 bits per heavy atom. The van der Waals surface area contributed by atoms with Gasteiger partial charge in [0.2, 0.25) is 4.73 Å². The van der Waals surface area contributed by atoms with Crippen molar-refractivity contribution in [1.29, 1.82) is 0 Å². The van der Waals surface area contributed by atoms with Crippen LogP contribution in [0, 0.1) is 18.6 Å². The summed E-state index contributed by atoms with van der Waals surface area (Å²) in [4.78, 5) is 3.97. The second-order valence-corrected chi connectivity index (χ2v) is 4.41. The lowest BCUT2D eigenvalue weighted by Crippen LogP contribution is -1.89. The van der Waals surface area contributed by atoms with Gasteiger partial charge in [-0.25, -0.2) is 13.8 Å². The van der Waals surface area contributed by atoms with Crippen molar-refractivity contribution in [3.63, 3.8) is 0 Å². The Balaban J connectivity index is 2.58. The molecule has 0 saturated heterocycles. The van der Waals surface area contributed by atoms with Gasteiger partial charge in [-0.05, 0) is 46.0 Å². The molecule has 0 bridgehead atoms. The maximum absolute atomic E-state index is 13.4. The first-order valence-electron chi connectivity index (χ1n) is 4.03. The fourth-order valence-corrected chi connectivity index (χ4v) is 2.23. The zero-order valence-electron chi connectivity index (χ0n) is 7.59. The SMILES string of the molecule is Cc1cc(-c2nc(Br)ns2)c(F)cc1F. The van der Waals surface area contributed by atoms with E-state index in [0.717, 1.165) is 17.6 Å². The second kappa shape index (κ2) is 3.94. The third-order valence-electron chi connectivity index (χ3n) is 1.88. The van der Waals surface area contributed by atoms with E-state index in [4.69, 9.17) is 0 Å². The van der Waals surface area contributed by atoms with Crippen LogP contribution in [0.15, 0.2) is 16.9 Å². The molecule has 78 valence electrons. The van der Waals surface area contributed by atoms with Crippen molar-refractivity contribution in [3.8, 4) is 10.6 Å². The van der Waals surface area contributed by atoms with Gasteiger partial charge in [-0.1, -0.05) is 0 Å². The number of nitrogens with zero attached hydrogens (tertiary/aromatic N) is 2. The van der Waals surface area contributed by atoms with Crippen molar-refractivity contribution in [2.24, 2.45) is 0 Å². The average molecular weight is 291 g/mol. The summed E-state index contributed by atoms with van der Waals surface area (Å²) < 4.78 is 30.7. The fraction of sp³-hybridized carbons (Fsp3) is 0.111. The van der Waals surface area contributed by atoms with Crippen LogP contribution >= 0.6 is 27.5 Å². The lowest BCUT2D eigenvalue weighted by Gasteiger charge is -2.01. The van der Waals surface area contributed by atoms with Crippen LogP contribution < -0.4 is 0 Å². The number of rotatable bonds is 1. The number of benzene rings is 1. The van der Waals surface area contributed by atoms with Gasteiger partial charge in [0.05, 0.1) is 0 Å². The number of halogens is 3. The molecule has 0 amide bonds. The van der Waals surface area contributed by atoms with E-state index < -0.39 is 11.6 Å². The number of hydrogen-bond donors (Lipinski definition) is 0. The van der Waals surface area contributed by atoms with E-state index in [1.165, 1.54) is 6.07 Å². The molecule has 0 N–H and O–H groups in total. The molecule has 6 heteroatoms. The molecule has 2 aromatic rings. The van der Waals surface area contributed by atoms with Gasteiger partial charge in [0.25, 0.3) is 0 Å². The molecule has 0 aliphatic carbocycles. The summed E-state index contributed by atoms with van der Waals surface area (Å²) in [6, 6.07) is 2.29. The number of aromatic nitrogens is 2. The number of hydrogen-bond acceptors (Lipinski definition) is 3. The zero-order chi connectivity index (χ0) is 11.0. The van der Waals surface area contributed by atoms with E-state index in [0.29, 0.717) is 15.3 Å². The molecule has 0 saturated carbocycles. The highest BCUT2D eigenvalue weighted by molar-refractivity contribution is 9.10. The molecule has 15 heavy (non-hydrogen) atoms. The zero-order valence-corrected chi connectivity index (χ0v) is 9.99. The van der Waals surface area contributed by atoms with Gasteiger partial charge in [0, 0.05) is 11.6 Å². The molecule has 0 aliphatic heterocycles. The van der Waals surface area contributed by atoms with Crippen LogP contribution in [0.4, 0.5) is 8.78 Å². The standard InChI is InChI=1S/C9H5BrF2N2S/c1-4-2-5(7(12)3-6(4)11)8-13-9(10)14-15-8/h2-3H,1H3. The van der Waals surface area contributed by atoms with Crippen LogP contribution in [0.1, 0.15) is 5.56 Å². The van der Waals surface area contributed by atoms with Crippen LogP contribution in [0.3, 0.4) is 0 Å². The third kappa shape index (κ3) is 2.05. The Hall–Kier alpha value is -0.880. The molecule has 1 heterocycles.